The standard InChI is InChI=1S/C23H24O6/c1-13(2)6-11-16-17(24)12-18(27-4)19-20(25)23(28-5)21(29-22(16)19)14-7-9-15(26-3)10-8-14/h6-10,12,24H,11H2,1-5H3. The molecule has 0 aliphatic carbocycles. The molecule has 0 atom stereocenters. The van der Waals surface area contributed by atoms with Crippen LogP contribution in [0.1, 0.15) is 19.4 Å². The highest BCUT2D eigenvalue weighted by atomic mass is 16.5. The molecule has 3 rings (SSSR count). The normalized spacial score (nSPS) is 10.7. The Kier molecular flexibility index (Phi) is 5.82. The Hall–Kier alpha value is -3.41. The van der Waals surface area contributed by atoms with Gasteiger partial charge in [-0.1, -0.05) is 11.6 Å². The van der Waals surface area contributed by atoms with Crippen LogP contribution in [-0.4, -0.2) is 26.4 Å². The minimum atomic E-state index is -0.366. The molecule has 0 radical (unpaired) electrons. The molecule has 29 heavy (non-hydrogen) atoms. The van der Waals surface area contributed by atoms with E-state index in [0.29, 0.717) is 23.3 Å². The summed E-state index contributed by atoms with van der Waals surface area (Å²) in [6, 6.07) is 8.53. The van der Waals surface area contributed by atoms with E-state index in [9.17, 15) is 9.90 Å². The highest BCUT2D eigenvalue weighted by Crippen LogP contribution is 2.39. The van der Waals surface area contributed by atoms with E-state index in [4.69, 9.17) is 18.6 Å². The van der Waals surface area contributed by atoms with E-state index in [1.54, 1.807) is 31.4 Å². The van der Waals surface area contributed by atoms with Crippen LogP contribution in [0, 0.1) is 0 Å². The molecule has 2 aromatic carbocycles. The Morgan fingerprint density at radius 2 is 1.76 bits per heavy atom. The summed E-state index contributed by atoms with van der Waals surface area (Å²) >= 11 is 0. The molecule has 1 heterocycles. The summed E-state index contributed by atoms with van der Waals surface area (Å²) in [4.78, 5) is 13.3. The third-order valence-electron chi connectivity index (χ3n) is 4.66. The minimum absolute atomic E-state index is 0.000785. The molecule has 6 nitrogen and oxygen atoms in total. The maximum atomic E-state index is 13.3. The Balaban J connectivity index is 2.39. The van der Waals surface area contributed by atoms with Gasteiger partial charge in [0.25, 0.3) is 0 Å². The Morgan fingerprint density at radius 3 is 2.31 bits per heavy atom. The van der Waals surface area contributed by atoms with Gasteiger partial charge in [-0.3, -0.25) is 4.79 Å². The first-order chi connectivity index (χ1) is 13.9. The molecule has 1 aromatic heterocycles. The highest BCUT2D eigenvalue weighted by molar-refractivity contribution is 5.91. The number of phenolic OH excluding ortho intramolecular Hbond substituents is 1. The molecule has 1 N–H and O–H groups in total. The summed E-state index contributed by atoms with van der Waals surface area (Å²) in [6.07, 6.45) is 2.37. The fraction of sp³-hybridized carbons (Fsp3) is 0.261. The average Bonchev–Trinajstić information content (AvgIpc) is 2.72. The van der Waals surface area contributed by atoms with Crippen molar-refractivity contribution in [3.8, 4) is 34.3 Å². The Morgan fingerprint density at radius 1 is 1.07 bits per heavy atom. The topological polar surface area (TPSA) is 78.1 Å². The van der Waals surface area contributed by atoms with Gasteiger partial charge in [0, 0.05) is 17.2 Å². The summed E-state index contributed by atoms with van der Waals surface area (Å²) in [5.41, 5.74) is 2.15. The van der Waals surface area contributed by atoms with E-state index in [1.807, 2.05) is 19.9 Å². The molecule has 0 unspecified atom stereocenters. The van der Waals surface area contributed by atoms with Crippen molar-refractivity contribution in [2.75, 3.05) is 21.3 Å². The maximum absolute atomic E-state index is 13.3. The van der Waals surface area contributed by atoms with Gasteiger partial charge in [-0.05, 0) is 44.5 Å². The molecule has 6 heteroatoms. The van der Waals surface area contributed by atoms with Crippen LogP contribution >= 0.6 is 0 Å². The quantitative estimate of drug-likeness (QED) is 0.609. The molecule has 0 bridgehead atoms. The van der Waals surface area contributed by atoms with Crippen molar-refractivity contribution in [1.29, 1.82) is 0 Å². The van der Waals surface area contributed by atoms with E-state index < -0.39 is 0 Å². The SMILES string of the molecule is COc1ccc(-c2oc3c(CC=C(C)C)c(O)cc(OC)c3c(=O)c2OC)cc1. The summed E-state index contributed by atoms with van der Waals surface area (Å²) < 4.78 is 22.1. The van der Waals surface area contributed by atoms with E-state index in [-0.39, 0.29) is 39.4 Å². The van der Waals surface area contributed by atoms with Crippen LogP contribution < -0.4 is 19.6 Å². The predicted octanol–water partition coefficient (Wildman–Crippen LogP) is 4.70. The summed E-state index contributed by atoms with van der Waals surface area (Å²) in [5.74, 6) is 1.26. The second-order valence-corrected chi connectivity index (χ2v) is 6.79. The first-order valence-corrected chi connectivity index (χ1v) is 9.12. The van der Waals surface area contributed by atoms with Crippen molar-refractivity contribution in [3.05, 3.63) is 57.8 Å². The van der Waals surface area contributed by atoms with Gasteiger partial charge in [-0.15, -0.1) is 0 Å². The molecule has 3 aromatic rings. The minimum Gasteiger partial charge on any atom is -0.507 e. The molecule has 0 saturated heterocycles. The monoisotopic (exact) mass is 396 g/mol. The smallest absolute Gasteiger partial charge is 0.239 e. The van der Waals surface area contributed by atoms with Crippen molar-refractivity contribution in [3.63, 3.8) is 0 Å². The maximum Gasteiger partial charge on any atom is 0.239 e. The number of fused-ring (bicyclic) bond motifs is 1. The van der Waals surface area contributed by atoms with Crippen molar-refractivity contribution < 1.29 is 23.7 Å². The van der Waals surface area contributed by atoms with Gasteiger partial charge in [0.1, 0.15) is 28.2 Å². The fourth-order valence-electron chi connectivity index (χ4n) is 3.14. The van der Waals surface area contributed by atoms with Crippen LogP contribution in [0.25, 0.3) is 22.3 Å². The third-order valence-corrected chi connectivity index (χ3v) is 4.66. The molecule has 152 valence electrons. The highest BCUT2D eigenvalue weighted by Gasteiger charge is 2.23. The predicted molar refractivity (Wildman–Crippen MR) is 112 cm³/mol. The number of methoxy groups -OCH3 is 3. The summed E-state index contributed by atoms with van der Waals surface area (Å²) in [7, 11) is 4.44. The molecule has 0 aliphatic rings. The van der Waals surface area contributed by atoms with Crippen molar-refractivity contribution in [1.82, 2.24) is 0 Å². The molecule has 0 amide bonds. The van der Waals surface area contributed by atoms with Gasteiger partial charge >= 0.3 is 0 Å². The second-order valence-electron chi connectivity index (χ2n) is 6.79. The summed E-state index contributed by atoms with van der Waals surface area (Å²) in [5, 5.41) is 10.8. The van der Waals surface area contributed by atoms with Crippen LogP contribution in [-0.2, 0) is 6.42 Å². The van der Waals surface area contributed by atoms with Gasteiger partial charge < -0.3 is 23.7 Å². The fourth-order valence-corrected chi connectivity index (χ4v) is 3.14. The molecule has 0 fully saturated rings. The Bertz CT molecular complexity index is 1120. The van der Waals surface area contributed by atoms with Gasteiger partial charge in [0.2, 0.25) is 11.2 Å². The lowest BCUT2D eigenvalue weighted by atomic mass is 10.0. The van der Waals surface area contributed by atoms with Crippen molar-refractivity contribution >= 4 is 11.0 Å². The number of phenols is 1. The average molecular weight is 396 g/mol. The molecular formula is C23H24O6. The number of allylic oxidation sites excluding steroid dienone is 2. The largest absolute Gasteiger partial charge is 0.507 e. The lowest BCUT2D eigenvalue weighted by Gasteiger charge is -2.14. The summed E-state index contributed by atoms with van der Waals surface area (Å²) in [6.45, 7) is 3.93. The molecule has 0 spiro atoms. The lowest BCUT2D eigenvalue weighted by Crippen LogP contribution is -2.10. The molecule has 0 aliphatic heterocycles. The zero-order chi connectivity index (χ0) is 21.1. The van der Waals surface area contributed by atoms with E-state index >= 15 is 0 Å². The number of benzene rings is 2. The first kappa shape index (κ1) is 20.3. The number of hydrogen-bond acceptors (Lipinski definition) is 6. The third kappa shape index (κ3) is 3.78. The van der Waals surface area contributed by atoms with Gasteiger partial charge in [-0.2, -0.15) is 0 Å². The number of hydrogen-bond donors (Lipinski definition) is 1. The molecular weight excluding hydrogens is 372 g/mol. The van der Waals surface area contributed by atoms with Crippen molar-refractivity contribution in [2.45, 2.75) is 20.3 Å². The van der Waals surface area contributed by atoms with Crippen LogP contribution in [0.5, 0.6) is 23.0 Å². The van der Waals surface area contributed by atoms with Crippen LogP contribution in [0.4, 0.5) is 0 Å². The molecule has 0 saturated carbocycles. The van der Waals surface area contributed by atoms with Crippen molar-refractivity contribution in [2.24, 2.45) is 0 Å². The van der Waals surface area contributed by atoms with Gasteiger partial charge in [0.15, 0.2) is 5.76 Å². The zero-order valence-corrected chi connectivity index (χ0v) is 17.2. The van der Waals surface area contributed by atoms with Gasteiger partial charge in [0.05, 0.1) is 21.3 Å². The van der Waals surface area contributed by atoms with E-state index in [2.05, 4.69) is 0 Å². The lowest BCUT2D eigenvalue weighted by molar-refractivity contribution is 0.393. The number of rotatable bonds is 6. The first-order valence-electron chi connectivity index (χ1n) is 9.12. The second kappa shape index (κ2) is 8.31. The van der Waals surface area contributed by atoms with Crippen LogP contribution in [0.15, 0.2) is 51.2 Å². The van der Waals surface area contributed by atoms with E-state index in [0.717, 1.165) is 5.57 Å². The zero-order valence-electron chi connectivity index (χ0n) is 17.2. The van der Waals surface area contributed by atoms with Crippen LogP contribution in [0.2, 0.25) is 0 Å². The number of ether oxygens (including phenoxy) is 3. The Labute approximate surface area is 169 Å². The number of aromatic hydroxyl groups is 1. The van der Waals surface area contributed by atoms with E-state index in [1.165, 1.54) is 20.3 Å². The van der Waals surface area contributed by atoms with Crippen LogP contribution in [0.3, 0.4) is 0 Å². The van der Waals surface area contributed by atoms with Gasteiger partial charge in [-0.25, -0.2) is 0 Å².